The number of benzene rings is 1. The van der Waals surface area contributed by atoms with E-state index in [-0.39, 0.29) is 28.6 Å². The van der Waals surface area contributed by atoms with E-state index in [0.717, 1.165) is 11.6 Å². The van der Waals surface area contributed by atoms with E-state index >= 15 is 0 Å². The molecule has 2 rings (SSSR count). The van der Waals surface area contributed by atoms with Crippen LogP contribution < -0.4 is 10.5 Å². The molecule has 0 aliphatic carbocycles. The molecule has 20 heavy (non-hydrogen) atoms. The molecule has 0 radical (unpaired) electrons. The number of anilines is 1. The average Bonchev–Trinajstić information content (AvgIpc) is 2.36. The highest BCUT2D eigenvalue weighted by atomic mass is 19.1. The summed E-state index contributed by atoms with van der Waals surface area (Å²) in [6.07, 6.45) is 1.53. The predicted octanol–water partition coefficient (Wildman–Crippen LogP) is 3.12. The van der Waals surface area contributed by atoms with Crippen molar-refractivity contribution in [3.8, 4) is 11.6 Å². The Kier molecular flexibility index (Phi) is 3.51. The Morgan fingerprint density at radius 3 is 2.65 bits per heavy atom. The number of nitrogens with two attached hydrogens (primary N) is 1. The summed E-state index contributed by atoms with van der Waals surface area (Å²) in [7, 11) is 0. The minimum Gasteiger partial charge on any atom is -0.434 e. The van der Waals surface area contributed by atoms with Gasteiger partial charge in [0.05, 0.1) is 16.7 Å². The van der Waals surface area contributed by atoms with Gasteiger partial charge >= 0.3 is 0 Å². The number of nitrogens with zero attached hydrogens (tertiary/aromatic N) is 2. The van der Waals surface area contributed by atoms with Crippen molar-refractivity contribution in [2.75, 3.05) is 5.73 Å². The van der Waals surface area contributed by atoms with E-state index in [9.17, 15) is 14.5 Å². The number of nitrogen functional groups attached to an aromatic ring is 1. The first-order valence-corrected chi connectivity index (χ1v) is 5.73. The lowest BCUT2D eigenvalue weighted by molar-refractivity contribution is -0.385. The van der Waals surface area contributed by atoms with E-state index in [4.69, 9.17) is 10.5 Å². The summed E-state index contributed by atoms with van der Waals surface area (Å²) in [6.45, 7) is 3.31. The van der Waals surface area contributed by atoms with Gasteiger partial charge in [0.25, 0.3) is 5.69 Å². The molecule has 0 fully saturated rings. The molecule has 2 aromatic rings. The van der Waals surface area contributed by atoms with Gasteiger partial charge in [-0.25, -0.2) is 9.37 Å². The number of rotatable bonds is 3. The van der Waals surface area contributed by atoms with Gasteiger partial charge in [0.1, 0.15) is 0 Å². The predicted molar refractivity (Wildman–Crippen MR) is 71.3 cm³/mol. The zero-order valence-electron chi connectivity index (χ0n) is 10.9. The third kappa shape index (κ3) is 2.66. The molecule has 1 aromatic heterocycles. The molecule has 0 amide bonds. The number of pyridine rings is 1. The summed E-state index contributed by atoms with van der Waals surface area (Å²) in [6, 6.07) is 3.70. The molecular weight excluding hydrogens is 265 g/mol. The SMILES string of the molecule is Cc1cnc(Oc2cc(C)c([N+](=O)[O-])cc2F)c(N)c1. The number of aromatic nitrogens is 1. The van der Waals surface area contributed by atoms with Crippen LogP contribution >= 0.6 is 0 Å². The largest absolute Gasteiger partial charge is 0.434 e. The number of nitro groups is 1. The first-order chi connectivity index (χ1) is 9.38. The first-order valence-electron chi connectivity index (χ1n) is 5.73. The number of ether oxygens (including phenoxy) is 1. The fourth-order valence-electron chi connectivity index (χ4n) is 1.69. The monoisotopic (exact) mass is 277 g/mol. The summed E-state index contributed by atoms with van der Waals surface area (Å²) < 4.78 is 19.1. The topological polar surface area (TPSA) is 91.3 Å². The van der Waals surface area contributed by atoms with E-state index in [1.165, 1.54) is 19.2 Å². The van der Waals surface area contributed by atoms with Gasteiger partial charge in [-0.2, -0.15) is 0 Å². The van der Waals surface area contributed by atoms with Gasteiger partial charge < -0.3 is 10.5 Å². The van der Waals surface area contributed by atoms with E-state index in [2.05, 4.69) is 4.98 Å². The highest BCUT2D eigenvalue weighted by Gasteiger charge is 2.17. The number of nitro benzene ring substituents is 1. The molecular formula is C13H12FN3O3. The molecule has 0 aliphatic heterocycles. The lowest BCUT2D eigenvalue weighted by atomic mass is 10.2. The molecule has 2 N–H and O–H groups in total. The second-order valence-electron chi connectivity index (χ2n) is 4.34. The third-order valence-corrected chi connectivity index (χ3v) is 2.67. The summed E-state index contributed by atoms with van der Waals surface area (Å²) in [4.78, 5) is 14.0. The Morgan fingerprint density at radius 1 is 1.35 bits per heavy atom. The van der Waals surface area contributed by atoms with Crippen LogP contribution in [0.25, 0.3) is 0 Å². The van der Waals surface area contributed by atoms with Gasteiger partial charge in [-0.15, -0.1) is 0 Å². The van der Waals surface area contributed by atoms with Crippen LogP contribution in [0.3, 0.4) is 0 Å². The third-order valence-electron chi connectivity index (χ3n) is 2.67. The Bertz CT molecular complexity index is 689. The smallest absolute Gasteiger partial charge is 0.275 e. The van der Waals surface area contributed by atoms with Gasteiger partial charge in [-0.3, -0.25) is 10.1 Å². The lowest BCUT2D eigenvalue weighted by Gasteiger charge is -2.09. The van der Waals surface area contributed by atoms with Crippen LogP contribution in [-0.2, 0) is 0 Å². The second-order valence-corrected chi connectivity index (χ2v) is 4.34. The molecule has 1 aromatic carbocycles. The van der Waals surface area contributed by atoms with E-state index in [1.807, 2.05) is 6.92 Å². The molecule has 0 unspecified atom stereocenters. The molecule has 1 heterocycles. The second kappa shape index (κ2) is 5.12. The number of hydrogen-bond acceptors (Lipinski definition) is 5. The molecule has 0 saturated heterocycles. The molecule has 0 atom stereocenters. The van der Waals surface area contributed by atoms with Crippen molar-refractivity contribution in [2.45, 2.75) is 13.8 Å². The van der Waals surface area contributed by atoms with Crippen molar-refractivity contribution in [3.05, 3.63) is 51.5 Å². The first kappa shape index (κ1) is 13.7. The highest BCUT2D eigenvalue weighted by molar-refractivity contribution is 5.52. The van der Waals surface area contributed by atoms with E-state index in [0.29, 0.717) is 0 Å². The minimum atomic E-state index is -0.843. The van der Waals surface area contributed by atoms with Crippen LogP contribution in [-0.4, -0.2) is 9.91 Å². The van der Waals surface area contributed by atoms with Crippen molar-refractivity contribution < 1.29 is 14.1 Å². The Balaban J connectivity index is 2.39. The fraction of sp³-hybridized carbons (Fsp3) is 0.154. The minimum absolute atomic E-state index is 0.0581. The van der Waals surface area contributed by atoms with Gasteiger partial charge in [0, 0.05) is 11.8 Å². The van der Waals surface area contributed by atoms with Crippen LogP contribution in [0.15, 0.2) is 24.4 Å². The van der Waals surface area contributed by atoms with Crippen LogP contribution in [0, 0.1) is 29.8 Å². The van der Waals surface area contributed by atoms with E-state index in [1.54, 1.807) is 6.07 Å². The Labute approximate surface area is 114 Å². The summed E-state index contributed by atoms with van der Waals surface area (Å²) >= 11 is 0. The molecule has 0 bridgehead atoms. The molecule has 7 heteroatoms. The molecule has 6 nitrogen and oxygen atoms in total. The molecule has 0 spiro atoms. The quantitative estimate of drug-likeness (QED) is 0.687. The summed E-state index contributed by atoms with van der Waals surface area (Å²) in [5.74, 6) is -0.942. The molecule has 104 valence electrons. The van der Waals surface area contributed by atoms with Crippen molar-refractivity contribution in [1.82, 2.24) is 4.98 Å². The van der Waals surface area contributed by atoms with Crippen molar-refractivity contribution in [1.29, 1.82) is 0 Å². The molecule has 0 aliphatic rings. The zero-order chi connectivity index (χ0) is 14.9. The van der Waals surface area contributed by atoms with Crippen LogP contribution in [0.4, 0.5) is 15.8 Å². The lowest BCUT2D eigenvalue weighted by Crippen LogP contribution is -1.99. The Morgan fingerprint density at radius 2 is 2.05 bits per heavy atom. The van der Waals surface area contributed by atoms with Gasteiger partial charge in [-0.1, -0.05) is 0 Å². The van der Waals surface area contributed by atoms with Crippen LogP contribution in [0.1, 0.15) is 11.1 Å². The van der Waals surface area contributed by atoms with Crippen molar-refractivity contribution in [3.63, 3.8) is 0 Å². The van der Waals surface area contributed by atoms with Gasteiger partial charge in [0.2, 0.25) is 5.88 Å². The standard InChI is InChI=1S/C13H12FN3O3/c1-7-3-10(15)13(16-6-7)20-12-4-8(2)11(17(18)19)5-9(12)14/h3-6H,15H2,1-2H3. The van der Waals surface area contributed by atoms with E-state index < -0.39 is 10.7 Å². The van der Waals surface area contributed by atoms with Crippen LogP contribution in [0.2, 0.25) is 0 Å². The van der Waals surface area contributed by atoms with Gasteiger partial charge in [-0.05, 0) is 31.5 Å². The summed E-state index contributed by atoms with van der Waals surface area (Å²) in [5, 5.41) is 10.7. The average molecular weight is 277 g/mol. The number of aryl methyl sites for hydroxylation is 2. The Hall–Kier alpha value is -2.70. The van der Waals surface area contributed by atoms with Crippen molar-refractivity contribution in [2.24, 2.45) is 0 Å². The maximum absolute atomic E-state index is 13.8. The molecule has 0 saturated carbocycles. The fourth-order valence-corrected chi connectivity index (χ4v) is 1.69. The maximum Gasteiger partial charge on any atom is 0.275 e. The maximum atomic E-state index is 13.8. The normalized spacial score (nSPS) is 10.3. The summed E-state index contributed by atoms with van der Waals surface area (Å²) in [5.41, 5.74) is 6.81. The van der Waals surface area contributed by atoms with Crippen molar-refractivity contribution >= 4 is 11.4 Å². The number of hydrogen-bond donors (Lipinski definition) is 1. The highest BCUT2D eigenvalue weighted by Crippen LogP contribution is 2.31. The van der Waals surface area contributed by atoms with Crippen LogP contribution in [0.5, 0.6) is 11.6 Å². The van der Waals surface area contributed by atoms with Gasteiger partial charge in [0.15, 0.2) is 11.6 Å². The number of halogens is 1. The zero-order valence-corrected chi connectivity index (χ0v) is 10.9.